The van der Waals surface area contributed by atoms with Gasteiger partial charge in [0, 0.05) is 37.7 Å². The molecule has 0 aliphatic carbocycles. The lowest BCUT2D eigenvalue weighted by Crippen LogP contribution is -2.41. The molecular weight excluding hydrogens is 362 g/mol. The average Bonchev–Trinajstić information content (AvgIpc) is 2.99. The van der Waals surface area contributed by atoms with E-state index in [0.29, 0.717) is 18.3 Å². The number of carbonyl (C=O) groups is 1. The van der Waals surface area contributed by atoms with E-state index in [9.17, 15) is 4.79 Å². The lowest BCUT2D eigenvalue weighted by atomic mass is 10.0. The summed E-state index contributed by atoms with van der Waals surface area (Å²) in [5, 5.41) is 2.95. The van der Waals surface area contributed by atoms with Gasteiger partial charge in [0.15, 0.2) is 0 Å². The summed E-state index contributed by atoms with van der Waals surface area (Å²) in [6.07, 6.45) is 6.02. The summed E-state index contributed by atoms with van der Waals surface area (Å²) in [5.41, 5.74) is 2.87. The second kappa shape index (κ2) is 8.91. The Morgan fingerprint density at radius 1 is 1.14 bits per heavy atom. The van der Waals surface area contributed by atoms with Crippen molar-refractivity contribution in [1.82, 2.24) is 20.2 Å². The highest BCUT2D eigenvalue weighted by molar-refractivity contribution is 5.96. The number of likely N-dealkylation sites (N-methyl/N-ethyl adjacent to an activating group) is 1. The van der Waals surface area contributed by atoms with E-state index in [4.69, 9.17) is 4.98 Å². The van der Waals surface area contributed by atoms with Crippen LogP contribution in [0.5, 0.6) is 0 Å². The van der Waals surface area contributed by atoms with Crippen molar-refractivity contribution in [1.29, 1.82) is 0 Å². The maximum atomic E-state index is 12.6. The number of hydrogen-bond acceptors (Lipinski definition) is 5. The molecule has 1 unspecified atom stereocenters. The van der Waals surface area contributed by atoms with Crippen LogP contribution in [0.15, 0.2) is 30.3 Å². The largest absolute Gasteiger partial charge is 0.355 e. The van der Waals surface area contributed by atoms with Crippen LogP contribution in [0.4, 0.5) is 5.82 Å². The fourth-order valence-electron chi connectivity index (χ4n) is 4.33. The van der Waals surface area contributed by atoms with Crippen LogP contribution in [0.1, 0.15) is 46.7 Å². The fourth-order valence-corrected chi connectivity index (χ4v) is 4.33. The molecular formula is C23H31N5O. The van der Waals surface area contributed by atoms with Crippen LogP contribution in [0.25, 0.3) is 0 Å². The molecule has 1 fully saturated rings. The molecule has 1 atom stereocenters. The maximum absolute atomic E-state index is 12.6. The lowest BCUT2D eigenvalue weighted by Gasteiger charge is -2.32. The summed E-state index contributed by atoms with van der Waals surface area (Å²) in [6.45, 7) is 2.61. The number of carbonyl (C=O) groups excluding carboxylic acids is 1. The Morgan fingerprint density at radius 3 is 2.76 bits per heavy atom. The van der Waals surface area contributed by atoms with Crippen molar-refractivity contribution in [2.45, 2.75) is 44.6 Å². The molecule has 1 saturated heterocycles. The molecule has 3 heterocycles. The predicted molar refractivity (Wildman–Crippen MR) is 115 cm³/mol. The maximum Gasteiger partial charge on any atom is 0.270 e. The van der Waals surface area contributed by atoms with Gasteiger partial charge in [0.25, 0.3) is 5.91 Å². The van der Waals surface area contributed by atoms with Gasteiger partial charge in [-0.3, -0.25) is 4.79 Å². The third-order valence-corrected chi connectivity index (χ3v) is 6.06. The first-order valence-electron chi connectivity index (χ1n) is 10.7. The van der Waals surface area contributed by atoms with Gasteiger partial charge in [-0.05, 0) is 45.3 Å². The molecule has 29 heavy (non-hydrogen) atoms. The van der Waals surface area contributed by atoms with Crippen molar-refractivity contribution in [2.75, 3.05) is 38.6 Å². The third-order valence-electron chi connectivity index (χ3n) is 6.06. The van der Waals surface area contributed by atoms with Gasteiger partial charge in [-0.15, -0.1) is 0 Å². The number of nitrogens with zero attached hydrogens (tertiary/aromatic N) is 4. The number of nitrogens with one attached hydrogen (secondary N) is 1. The minimum absolute atomic E-state index is 0.0603. The number of benzene rings is 1. The summed E-state index contributed by atoms with van der Waals surface area (Å²) in [7, 11) is 4.31. The van der Waals surface area contributed by atoms with Gasteiger partial charge < -0.3 is 15.1 Å². The monoisotopic (exact) mass is 393 g/mol. The Bertz CT molecular complexity index is 852. The molecule has 1 aromatic carbocycles. The first kappa shape index (κ1) is 19.8. The lowest BCUT2D eigenvalue weighted by molar-refractivity contribution is 0.0940. The standard InChI is InChI=1S/C23H31N5O/c1-27(2)18-10-6-7-15-28(16-18)22-19-13-14-24-23(29)21(19)25-20(26-22)12-11-17-8-4-3-5-9-17/h3-5,8-9,18H,6-7,10-16H2,1-2H3,(H,24,29). The molecule has 0 radical (unpaired) electrons. The van der Waals surface area contributed by atoms with E-state index in [1.807, 2.05) is 6.07 Å². The van der Waals surface area contributed by atoms with Crippen LogP contribution in [0, 0.1) is 0 Å². The average molecular weight is 394 g/mol. The molecule has 6 heteroatoms. The van der Waals surface area contributed by atoms with Crippen molar-refractivity contribution in [3.8, 4) is 0 Å². The summed E-state index contributed by atoms with van der Waals surface area (Å²) in [5.74, 6) is 1.70. The second-order valence-electron chi connectivity index (χ2n) is 8.34. The van der Waals surface area contributed by atoms with Gasteiger partial charge in [0.05, 0.1) is 0 Å². The van der Waals surface area contributed by atoms with Gasteiger partial charge in [-0.2, -0.15) is 0 Å². The van der Waals surface area contributed by atoms with Gasteiger partial charge in [0.1, 0.15) is 17.3 Å². The molecule has 4 rings (SSSR count). The van der Waals surface area contributed by atoms with E-state index in [-0.39, 0.29) is 5.91 Å². The Labute approximate surface area is 173 Å². The Kier molecular flexibility index (Phi) is 6.09. The van der Waals surface area contributed by atoms with Crippen molar-refractivity contribution in [2.24, 2.45) is 0 Å². The molecule has 0 saturated carbocycles. The Hall–Kier alpha value is -2.47. The first-order valence-corrected chi connectivity index (χ1v) is 10.7. The second-order valence-corrected chi connectivity index (χ2v) is 8.34. The highest BCUT2D eigenvalue weighted by Crippen LogP contribution is 2.27. The van der Waals surface area contributed by atoms with E-state index >= 15 is 0 Å². The Morgan fingerprint density at radius 2 is 1.97 bits per heavy atom. The van der Waals surface area contributed by atoms with Gasteiger partial charge in [0.2, 0.25) is 0 Å². The molecule has 6 nitrogen and oxygen atoms in total. The summed E-state index contributed by atoms with van der Waals surface area (Å²) >= 11 is 0. The normalized spacial score (nSPS) is 19.6. The van der Waals surface area contributed by atoms with E-state index in [1.54, 1.807) is 0 Å². The zero-order chi connectivity index (χ0) is 20.2. The van der Waals surface area contributed by atoms with E-state index in [0.717, 1.165) is 56.0 Å². The molecule has 0 bridgehead atoms. The molecule has 2 aliphatic heterocycles. The number of hydrogen-bond donors (Lipinski definition) is 1. The summed E-state index contributed by atoms with van der Waals surface area (Å²) in [6, 6.07) is 10.9. The van der Waals surface area contributed by atoms with Crippen LogP contribution in [0.2, 0.25) is 0 Å². The van der Waals surface area contributed by atoms with E-state index in [2.05, 4.69) is 58.5 Å². The Balaban J connectivity index is 1.65. The van der Waals surface area contributed by atoms with Crippen LogP contribution in [0.3, 0.4) is 0 Å². The zero-order valence-corrected chi connectivity index (χ0v) is 17.5. The quantitative estimate of drug-likeness (QED) is 0.846. The highest BCUT2D eigenvalue weighted by atomic mass is 16.1. The number of anilines is 1. The minimum atomic E-state index is -0.0603. The van der Waals surface area contributed by atoms with Crippen molar-refractivity contribution < 1.29 is 4.79 Å². The fraction of sp³-hybridized carbons (Fsp3) is 0.522. The molecule has 2 aliphatic rings. The van der Waals surface area contributed by atoms with Crippen LogP contribution in [-0.2, 0) is 19.3 Å². The van der Waals surface area contributed by atoms with Crippen LogP contribution < -0.4 is 10.2 Å². The van der Waals surface area contributed by atoms with Crippen molar-refractivity contribution in [3.05, 3.63) is 53.0 Å². The summed E-state index contributed by atoms with van der Waals surface area (Å²) in [4.78, 5) is 27.0. The molecule has 1 amide bonds. The molecule has 154 valence electrons. The zero-order valence-electron chi connectivity index (χ0n) is 17.5. The number of aromatic nitrogens is 2. The van der Waals surface area contributed by atoms with Gasteiger partial charge in [-0.1, -0.05) is 36.8 Å². The molecule has 1 aromatic heterocycles. The summed E-state index contributed by atoms with van der Waals surface area (Å²) < 4.78 is 0. The van der Waals surface area contributed by atoms with Gasteiger partial charge in [-0.25, -0.2) is 9.97 Å². The van der Waals surface area contributed by atoms with Crippen molar-refractivity contribution in [3.63, 3.8) is 0 Å². The number of aryl methyl sites for hydroxylation is 2. The minimum Gasteiger partial charge on any atom is -0.355 e. The number of amides is 1. The van der Waals surface area contributed by atoms with E-state index in [1.165, 1.54) is 18.4 Å². The topological polar surface area (TPSA) is 61.4 Å². The molecule has 2 aromatic rings. The third kappa shape index (κ3) is 4.58. The predicted octanol–water partition coefficient (Wildman–Crippen LogP) is 2.47. The highest BCUT2D eigenvalue weighted by Gasteiger charge is 2.28. The number of fused-ring (bicyclic) bond motifs is 1. The SMILES string of the molecule is CN(C)C1CCCCN(c2nc(CCc3ccccc3)nc3c2CCNC3=O)C1. The van der Waals surface area contributed by atoms with Gasteiger partial charge >= 0.3 is 0 Å². The smallest absolute Gasteiger partial charge is 0.270 e. The number of rotatable bonds is 5. The molecule has 1 N–H and O–H groups in total. The van der Waals surface area contributed by atoms with E-state index < -0.39 is 0 Å². The molecule has 0 spiro atoms. The van der Waals surface area contributed by atoms with Crippen LogP contribution >= 0.6 is 0 Å². The van der Waals surface area contributed by atoms with Crippen molar-refractivity contribution >= 4 is 11.7 Å². The van der Waals surface area contributed by atoms with Crippen LogP contribution in [-0.4, -0.2) is 60.5 Å². The first-order chi connectivity index (χ1) is 14.1.